The van der Waals surface area contributed by atoms with E-state index in [0.29, 0.717) is 0 Å². The van der Waals surface area contributed by atoms with Crippen LogP contribution >= 0.6 is 0 Å². The van der Waals surface area contributed by atoms with E-state index in [1.54, 1.807) is 7.11 Å². The molecule has 0 amide bonds. The van der Waals surface area contributed by atoms with Gasteiger partial charge in [-0.1, -0.05) is 30.3 Å². The fraction of sp³-hybridized carbons (Fsp3) is 0.364. The molecule has 1 fully saturated rings. The molecule has 0 unspecified atom stereocenters. The van der Waals surface area contributed by atoms with E-state index >= 15 is 0 Å². The lowest BCUT2D eigenvalue weighted by Crippen LogP contribution is -2.02. The molecule has 0 saturated heterocycles. The van der Waals surface area contributed by atoms with Crippen LogP contribution in [0, 0.1) is 5.92 Å². The number of ether oxygens (including phenoxy) is 1. The molecule has 74 valence electrons. The Balaban J connectivity index is 2.18. The second kappa shape index (κ2) is 3.42. The molecule has 1 aliphatic rings. The van der Waals surface area contributed by atoms with Crippen LogP contribution in [-0.2, 0) is 9.53 Å². The second-order valence-electron chi connectivity index (χ2n) is 3.50. The standard InChI is InChI=1S/C11H12O3/c1-14-10-8(9(10)11(12)13)7-5-3-2-4-6-7/h2-6,8-10H,1H3,(H,12,13)/t8-,9+,10-/m0/s1. The summed E-state index contributed by atoms with van der Waals surface area (Å²) in [5, 5.41) is 8.91. The molecule has 3 atom stereocenters. The molecule has 0 heterocycles. The van der Waals surface area contributed by atoms with Crippen molar-refractivity contribution in [3.8, 4) is 0 Å². The maximum atomic E-state index is 10.8. The maximum absolute atomic E-state index is 10.8. The van der Waals surface area contributed by atoms with E-state index in [4.69, 9.17) is 9.84 Å². The van der Waals surface area contributed by atoms with Crippen LogP contribution < -0.4 is 0 Å². The van der Waals surface area contributed by atoms with Gasteiger partial charge in [-0.3, -0.25) is 4.79 Å². The van der Waals surface area contributed by atoms with Crippen LogP contribution in [-0.4, -0.2) is 24.3 Å². The third-order valence-electron chi connectivity index (χ3n) is 2.70. The van der Waals surface area contributed by atoms with Crippen molar-refractivity contribution in [1.82, 2.24) is 0 Å². The predicted molar refractivity (Wildman–Crippen MR) is 51.1 cm³/mol. The number of hydrogen-bond donors (Lipinski definition) is 1. The Hall–Kier alpha value is -1.35. The molecule has 1 saturated carbocycles. The first kappa shape index (κ1) is 9.21. The van der Waals surface area contributed by atoms with E-state index in [1.165, 1.54) is 0 Å². The highest BCUT2D eigenvalue weighted by Crippen LogP contribution is 2.49. The zero-order valence-electron chi connectivity index (χ0n) is 7.88. The van der Waals surface area contributed by atoms with Crippen molar-refractivity contribution >= 4 is 5.97 Å². The quantitative estimate of drug-likeness (QED) is 0.789. The third-order valence-corrected chi connectivity index (χ3v) is 2.70. The summed E-state index contributed by atoms with van der Waals surface area (Å²) in [5.74, 6) is -1.12. The molecular formula is C11H12O3. The Morgan fingerprint density at radius 1 is 1.36 bits per heavy atom. The number of carboxylic acid groups (broad SMARTS) is 1. The van der Waals surface area contributed by atoms with Gasteiger partial charge in [-0.25, -0.2) is 0 Å². The monoisotopic (exact) mass is 192 g/mol. The normalized spacial score (nSPS) is 29.9. The van der Waals surface area contributed by atoms with E-state index < -0.39 is 5.97 Å². The summed E-state index contributed by atoms with van der Waals surface area (Å²) in [6.07, 6.45) is -0.158. The summed E-state index contributed by atoms with van der Waals surface area (Å²) in [6.45, 7) is 0. The zero-order chi connectivity index (χ0) is 10.1. The van der Waals surface area contributed by atoms with Crippen LogP contribution in [0.15, 0.2) is 30.3 Å². The Morgan fingerprint density at radius 3 is 2.43 bits per heavy atom. The highest BCUT2D eigenvalue weighted by atomic mass is 16.5. The van der Waals surface area contributed by atoms with Crippen molar-refractivity contribution in [2.24, 2.45) is 5.92 Å². The van der Waals surface area contributed by atoms with Gasteiger partial charge in [0, 0.05) is 13.0 Å². The molecule has 1 aliphatic carbocycles. The van der Waals surface area contributed by atoms with Crippen molar-refractivity contribution in [3.05, 3.63) is 35.9 Å². The number of benzene rings is 1. The van der Waals surface area contributed by atoms with Gasteiger partial charge >= 0.3 is 5.97 Å². The lowest BCUT2D eigenvalue weighted by molar-refractivity contribution is -0.139. The Morgan fingerprint density at radius 2 is 2.00 bits per heavy atom. The van der Waals surface area contributed by atoms with E-state index in [-0.39, 0.29) is 17.9 Å². The van der Waals surface area contributed by atoms with E-state index in [2.05, 4.69) is 0 Å². The molecule has 2 rings (SSSR count). The smallest absolute Gasteiger partial charge is 0.309 e. The van der Waals surface area contributed by atoms with E-state index in [1.807, 2.05) is 30.3 Å². The van der Waals surface area contributed by atoms with E-state index in [0.717, 1.165) is 5.56 Å². The lowest BCUT2D eigenvalue weighted by Gasteiger charge is -1.96. The SMILES string of the molecule is CO[C@@H]1[C@H](C(=O)O)[C@@H]1c1ccccc1. The number of rotatable bonds is 3. The summed E-state index contributed by atoms with van der Waals surface area (Å²) >= 11 is 0. The number of carboxylic acids is 1. The van der Waals surface area contributed by atoms with Crippen molar-refractivity contribution in [3.63, 3.8) is 0 Å². The van der Waals surface area contributed by atoms with Crippen LogP contribution in [0.1, 0.15) is 11.5 Å². The van der Waals surface area contributed by atoms with Gasteiger partial charge in [0.2, 0.25) is 0 Å². The third kappa shape index (κ3) is 1.40. The van der Waals surface area contributed by atoms with Crippen LogP contribution in [0.5, 0.6) is 0 Å². The van der Waals surface area contributed by atoms with Crippen molar-refractivity contribution < 1.29 is 14.6 Å². The lowest BCUT2D eigenvalue weighted by atomic mass is 10.1. The highest BCUT2D eigenvalue weighted by Gasteiger charge is 2.56. The van der Waals surface area contributed by atoms with Gasteiger partial charge in [0.1, 0.15) is 0 Å². The highest BCUT2D eigenvalue weighted by molar-refractivity contribution is 5.77. The molecule has 0 radical (unpaired) electrons. The first-order valence-corrected chi connectivity index (χ1v) is 4.56. The number of methoxy groups -OCH3 is 1. The van der Waals surface area contributed by atoms with Gasteiger partial charge in [0.05, 0.1) is 12.0 Å². The molecule has 3 heteroatoms. The summed E-state index contributed by atoms with van der Waals surface area (Å²) < 4.78 is 5.12. The first-order valence-electron chi connectivity index (χ1n) is 4.56. The molecule has 3 nitrogen and oxygen atoms in total. The molecule has 1 aromatic carbocycles. The summed E-state index contributed by atoms with van der Waals surface area (Å²) in [7, 11) is 1.56. The van der Waals surface area contributed by atoms with Crippen LogP contribution in [0.3, 0.4) is 0 Å². The molecular weight excluding hydrogens is 180 g/mol. The predicted octanol–water partition coefficient (Wildman–Crippen LogP) is 1.50. The molecule has 14 heavy (non-hydrogen) atoms. The van der Waals surface area contributed by atoms with Gasteiger partial charge in [-0.2, -0.15) is 0 Å². The second-order valence-corrected chi connectivity index (χ2v) is 3.50. The Labute approximate surface area is 82.3 Å². The van der Waals surface area contributed by atoms with Crippen LogP contribution in [0.25, 0.3) is 0 Å². The fourth-order valence-electron chi connectivity index (χ4n) is 1.94. The van der Waals surface area contributed by atoms with E-state index in [9.17, 15) is 4.79 Å². The zero-order valence-corrected chi connectivity index (χ0v) is 7.88. The topological polar surface area (TPSA) is 46.5 Å². The van der Waals surface area contributed by atoms with Crippen LogP contribution in [0.2, 0.25) is 0 Å². The molecule has 1 N–H and O–H groups in total. The number of hydrogen-bond acceptors (Lipinski definition) is 2. The minimum atomic E-state index is -0.772. The van der Waals surface area contributed by atoms with Crippen molar-refractivity contribution in [2.45, 2.75) is 12.0 Å². The molecule has 0 aliphatic heterocycles. The summed E-state index contributed by atoms with van der Waals surface area (Å²) in [6, 6.07) is 9.64. The maximum Gasteiger partial charge on any atom is 0.309 e. The van der Waals surface area contributed by atoms with Crippen molar-refractivity contribution in [2.75, 3.05) is 7.11 Å². The fourth-order valence-corrected chi connectivity index (χ4v) is 1.94. The van der Waals surface area contributed by atoms with Crippen molar-refractivity contribution in [1.29, 1.82) is 0 Å². The molecule has 0 bridgehead atoms. The van der Waals surface area contributed by atoms with Gasteiger partial charge in [-0.15, -0.1) is 0 Å². The van der Waals surface area contributed by atoms with Gasteiger partial charge < -0.3 is 9.84 Å². The van der Waals surface area contributed by atoms with Gasteiger partial charge in [0.25, 0.3) is 0 Å². The number of aliphatic carboxylic acids is 1. The summed E-state index contributed by atoms with van der Waals surface area (Å²) in [4.78, 5) is 10.8. The average molecular weight is 192 g/mol. The minimum absolute atomic E-state index is 0.0266. The Bertz CT molecular complexity index is 334. The largest absolute Gasteiger partial charge is 0.481 e. The van der Waals surface area contributed by atoms with Gasteiger partial charge in [-0.05, 0) is 5.56 Å². The molecule has 0 aromatic heterocycles. The molecule has 0 spiro atoms. The van der Waals surface area contributed by atoms with Crippen LogP contribution in [0.4, 0.5) is 0 Å². The Kier molecular flexibility index (Phi) is 2.25. The first-order chi connectivity index (χ1) is 6.75. The minimum Gasteiger partial charge on any atom is -0.481 e. The average Bonchev–Trinajstić information content (AvgIpc) is 2.93. The molecule has 1 aromatic rings. The number of carbonyl (C=O) groups is 1. The van der Waals surface area contributed by atoms with Gasteiger partial charge in [0.15, 0.2) is 0 Å². The summed E-state index contributed by atoms with van der Waals surface area (Å²) in [5.41, 5.74) is 1.05.